The van der Waals surface area contributed by atoms with Gasteiger partial charge in [-0.05, 0) is 43.1 Å². The van der Waals surface area contributed by atoms with E-state index in [-0.39, 0.29) is 11.9 Å². The van der Waals surface area contributed by atoms with Crippen molar-refractivity contribution in [2.24, 2.45) is 5.92 Å². The van der Waals surface area contributed by atoms with Crippen molar-refractivity contribution < 1.29 is 14.6 Å². The lowest BCUT2D eigenvalue weighted by molar-refractivity contribution is 0.0295. The van der Waals surface area contributed by atoms with Crippen LogP contribution in [0, 0.1) is 5.92 Å². The summed E-state index contributed by atoms with van der Waals surface area (Å²) >= 11 is 0. The van der Waals surface area contributed by atoms with Crippen LogP contribution >= 0.6 is 0 Å². The fourth-order valence-corrected chi connectivity index (χ4v) is 2.33. The third-order valence-corrected chi connectivity index (χ3v) is 3.78. The predicted molar refractivity (Wildman–Crippen MR) is 73.6 cm³/mol. The molecule has 0 aromatic heterocycles. The molecule has 0 aliphatic carbocycles. The van der Waals surface area contributed by atoms with Crippen LogP contribution in [0.5, 0.6) is 5.75 Å². The first kappa shape index (κ1) is 14.0. The van der Waals surface area contributed by atoms with Gasteiger partial charge in [0.05, 0.1) is 19.8 Å². The van der Waals surface area contributed by atoms with Gasteiger partial charge >= 0.3 is 0 Å². The van der Waals surface area contributed by atoms with Crippen molar-refractivity contribution in [2.75, 3.05) is 26.7 Å². The zero-order valence-corrected chi connectivity index (χ0v) is 11.5. The number of carbonyl (C=O) groups excluding carboxylic acids is 1. The van der Waals surface area contributed by atoms with Crippen LogP contribution in [0.1, 0.15) is 23.7 Å². The SMILES string of the molecule is COc1ccc(C(=O)CN2CCC(C)C(O)C2)cc1. The van der Waals surface area contributed by atoms with Crippen molar-refractivity contribution in [3.8, 4) is 5.75 Å². The van der Waals surface area contributed by atoms with Gasteiger partial charge in [0.15, 0.2) is 5.78 Å². The summed E-state index contributed by atoms with van der Waals surface area (Å²) in [4.78, 5) is 14.2. The Bertz CT molecular complexity index is 430. The molecule has 1 heterocycles. The highest BCUT2D eigenvalue weighted by atomic mass is 16.5. The zero-order chi connectivity index (χ0) is 13.8. The van der Waals surface area contributed by atoms with E-state index in [1.54, 1.807) is 31.4 Å². The van der Waals surface area contributed by atoms with Gasteiger partial charge in [-0.2, -0.15) is 0 Å². The Balaban J connectivity index is 1.93. The Labute approximate surface area is 114 Å². The van der Waals surface area contributed by atoms with Crippen molar-refractivity contribution >= 4 is 5.78 Å². The molecule has 1 fully saturated rings. The predicted octanol–water partition coefficient (Wildman–Crippen LogP) is 1.58. The molecule has 0 bridgehead atoms. The lowest BCUT2D eigenvalue weighted by Gasteiger charge is -2.33. The van der Waals surface area contributed by atoms with Gasteiger partial charge in [-0.1, -0.05) is 6.92 Å². The number of hydrogen-bond donors (Lipinski definition) is 1. The standard InChI is InChI=1S/C15H21NO3/c1-11-7-8-16(9-14(11)17)10-15(18)12-3-5-13(19-2)6-4-12/h3-6,11,14,17H,7-10H2,1-2H3. The number of aliphatic hydroxyl groups excluding tert-OH is 1. The summed E-state index contributed by atoms with van der Waals surface area (Å²) in [5, 5.41) is 9.83. The van der Waals surface area contributed by atoms with Gasteiger partial charge in [0.1, 0.15) is 5.75 Å². The Morgan fingerprint density at radius 1 is 1.42 bits per heavy atom. The molecule has 1 aliphatic heterocycles. The van der Waals surface area contributed by atoms with Crippen LogP contribution in [0.25, 0.3) is 0 Å². The second kappa shape index (κ2) is 6.17. The number of methoxy groups -OCH3 is 1. The van der Waals surface area contributed by atoms with Crippen LogP contribution in [0.2, 0.25) is 0 Å². The quantitative estimate of drug-likeness (QED) is 0.838. The molecule has 2 unspecified atom stereocenters. The summed E-state index contributed by atoms with van der Waals surface area (Å²) in [5.74, 6) is 1.16. The van der Waals surface area contributed by atoms with Crippen molar-refractivity contribution in [3.63, 3.8) is 0 Å². The smallest absolute Gasteiger partial charge is 0.176 e. The normalized spacial score (nSPS) is 24.2. The number of rotatable bonds is 4. The number of piperidine rings is 1. The van der Waals surface area contributed by atoms with Crippen molar-refractivity contribution in [2.45, 2.75) is 19.4 Å². The number of hydrogen-bond acceptors (Lipinski definition) is 4. The molecule has 1 aromatic rings. The molecule has 2 atom stereocenters. The number of Topliss-reactive ketones (excluding diaryl/α,β-unsaturated/α-hetero) is 1. The maximum absolute atomic E-state index is 12.1. The Morgan fingerprint density at radius 2 is 2.11 bits per heavy atom. The zero-order valence-electron chi connectivity index (χ0n) is 11.5. The largest absolute Gasteiger partial charge is 0.497 e. The van der Waals surface area contributed by atoms with Crippen LogP contribution in [-0.4, -0.2) is 48.6 Å². The molecule has 0 saturated carbocycles. The highest BCUT2D eigenvalue weighted by Gasteiger charge is 2.25. The topological polar surface area (TPSA) is 49.8 Å². The van der Waals surface area contributed by atoms with E-state index in [4.69, 9.17) is 4.74 Å². The minimum atomic E-state index is -0.322. The van der Waals surface area contributed by atoms with E-state index in [0.717, 1.165) is 18.7 Å². The molecule has 1 aliphatic rings. The van der Waals surface area contributed by atoms with Crippen LogP contribution in [0.15, 0.2) is 24.3 Å². The third kappa shape index (κ3) is 3.55. The third-order valence-electron chi connectivity index (χ3n) is 3.78. The van der Waals surface area contributed by atoms with E-state index in [2.05, 4.69) is 0 Å². The van der Waals surface area contributed by atoms with Gasteiger partial charge in [0.25, 0.3) is 0 Å². The van der Waals surface area contributed by atoms with Gasteiger partial charge in [0.2, 0.25) is 0 Å². The second-order valence-corrected chi connectivity index (χ2v) is 5.22. The number of nitrogens with zero attached hydrogens (tertiary/aromatic N) is 1. The number of ketones is 1. The van der Waals surface area contributed by atoms with Gasteiger partial charge in [0, 0.05) is 12.1 Å². The Hall–Kier alpha value is -1.39. The minimum absolute atomic E-state index is 0.0874. The molecule has 19 heavy (non-hydrogen) atoms. The molecular weight excluding hydrogens is 242 g/mol. The van der Waals surface area contributed by atoms with E-state index in [9.17, 15) is 9.90 Å². The first-order valence-electron chi connectivity index (χ1n) is 6.68. The van der Waals surface area contributed by atoms with Crippen LogP contribution in [-0.2, 0) is 0 Å². The van der Waals surface area contributed by atoms with Crippen LogP contribution in [0.3, 0.4) is 0 Å². The molecule has 1 aromatic carbocycles. The molecule has 104 valence electrons. The number of carbonyl (C=O) groups is 1. The van der Waals surface area contributed by atoms with E-state index >= 15 is 0 Å². The average Bonchev–Trinajstić information content (AvgIpc) is 2.43. The minimum Gasteiger partial charge on any atom is -0.497 e. The lowest BCUT2D eigenvalue weighted by atomic mass is 9.95. The highest BCUT2D eigenvalue weighted by molar-refractivity contribution is 5.97. The Morgan fingerprint density at radius 3 is 2.68 bits per heavy atom. The molecule has 1 N–H and O–H groups in total. The molecule has 0 spiro atoms. The van der Waals surface area contributed by atoms with Crippen LogP contribution < -0.4 is 4.74 Å². The Kier molecular flexibility index (Phi) is 4.56. The number of likely N-dealkylation sites (tertiary alicyclic amines) is 1. The van der Waals surface area contributed by atoms with E-state index < -0.39 is 0 Å². The van der Waals surface area contributed by atoms with E-state index in [1.165, 1.54) is 0 Å². The summed E-state index contributed by atoms with van der Waals surface area (Å²) in [6.45, 7) is 3.88. The van der Waals surface area contributed by atoms with Crippen LogP contribution in [0.4, 0.5) is 0 Å². The maximum Gasteiger partial charge on any atom is 0.176 e. The summed E-state index contributed by atoms with van der Waals surface area (Å²) in [6.07, 6.45) is 0.620. The molecule has 0 amide bonds. The fourth-order valence-electron chi connectivity index (χ4n) is 2.33. The first-order valence-corrected chi connectivity index (χ1v) is 6.68. The van der Waals surface area contributed by atoms with E-state index in [0.29, 0.717) is 24.6 Å². The molecular formula is C15H21NO3. The van der Waals surface area contributed by atoms with Gasteiger partial charge < -0.3 is 9.84 Å². The average molecular weight is 263 g/mol. The molecule has 4 nitrogen and oxygen atoms in total. The van der Waals surface area contributed by atoms with Gasteiger partial charge in [-0.15, -0.1) is 0 Å². The first-order chi connectivity index (χ1) is 9.10. The van der Waals surface area contributed by atoms with Crippen molar-refractivity contribution in [1.82, 2.24) is 4.90 Å². The molecule has 2 rings (SSSR count). The monoisotopic (exact) mass is 263 g/mol. The summed E-state index contributed by atoms with van der Waals surface area (Å²) in [5.41, 5.74) is 0.689. The number of ether oxygens (including phenoxy) is 1. The fraction of sp³-hybridized carbons (Fsp3) is 0.533. The number of benzene rings is 1. The van der Waals surface area contributed by atoms with Crippen molar-refractivity contribution in [1.29, 1.82) is 0 Å². The highest BCUT2D eigenvalue weighted by Crippen LogP contribution is 2.18. The van der Waals surface area contributed by atoms with Crippen molar-refractivity contribution in [3.05, 3.63) is 29.8 Å². The number of β-amino-alcohol motifs (C(OH)–C–C–N with tert-alkyl or cyclic N) is 1. The molecule has 4 heteroatoms. The molecule has 0 radical (unpaired) electrons. The lowest BCUT2D eigenvalue weighted by Crippen LogP contribution is -2.44. The maximum atomic E-state index is 12.1. The van der Waals surface area contributed by atoms with E-state index in [1.807, 2.05) is 11.8 Å². The summed E-state index contributed by atoms with van der Waals surface area (Å²) in [6, 6.07) is 7.15. The number of aliphatic hydroxyl groups is 1. The summed E-state index contributed by atoms with van der Waals surface area (Å²) in [7, 11) is 1.60. The summed E-state index contributed by atoms with van der Waals surface area (Å²) < 4.78 is 5.07. The second-order valence-electron chi connectivity index (χ2n) is 5.22. The molecule has 1 saturated heterocycles. The van der Waals surface area contributed by atoms with Gasteiger partial charge in [-0.3, -0.25) is 9.69 Å². The van der Waals surface area contributed by atoms with Gasteiger partial charge in [-0.25, -0.2) is 0 Å².